The number of nitrogens with zero attached hydrogens (tertiary/aromatic N) is 4. The Morgan fingerprint density at radius 2 is 2.00 bits per heavy atom. The fourth-order valence-corrected chi connectivity index (χ4v) is 6.54. The van der Waals surface area contributed by atoms with Crippen LogP contribution in [0.4, 0.5) is 10.5 Å². The van der Waals surface area contributed by atoms with Crippen LogP contribution in [0.25, 0.3) is 0 Å². The van der Waals surface area contributed by atoms with Crippen molar-refractivity contribution < 1.29 is 9.90 Å². The van der Waals surface area contributed by atoms with E-state index in [4.69, 9.17) is 9.98 Å². The smallest absolute Gasteiger partial charge is 0.322 e. The van der Waals surface area contributed by atoms with E-state index in [0.29, 0.717) is 11.8 Å². The number of aliphatic hydroxyl groups is 1. The average molecular weight is 498 g/mol. The zero-order valence-electron chi connectivity index (χ0n) is 20.7. The molecule has 1 atom stereocenters. The van der Waals surface area contributed by atoms with Crippen LogP contribution in [0, 0.1) is 5.92 Å². The molecule has 1 aromatic rings. The standard InChI is InChI=1S/C25H35N7O2S/c1-16(2)14-17(15-33)26-22-21-20(8-13-35-21)29-30-23(28-22)32-11-9-25(10-12-32)18-6-4-5-7-19(18)27-24(34)31(25)3/h4-7,16-17,29,33H,8-15H2,1-3H3,(H,27,34)(H,26,28,30). The number of carbonyl (C=O) groups is 1. The minimum Gasteiger partial charge on any atom is -0.394 e. The second-order valence-corrected chi connectivity index (χ2v) is 11.2. The number of carbonyl (C=O) groups excluding carboxylic acids is 1. The van der Waals surface area contributed by atoms with E-state index in [1.807, 2.05) is 30.1 Å². The Morgan fingerprint density at radius 3 is 2.74 bits per heavy atom. The number of aliphatic hydroxyl groups excluding tert-OH is 1. The number of allylic oxidation sites excluding steroid dienone is 1. The van der Waals surface area contributed by atoms with Crippen LogP contribution in [0.2, 0.25) is 0 Å². The molecule has 4 aliphatic rings. The number of hydrogen-bond acceptors (Lipinski definition) is 7. The van der Waals surface area contributed by atoms with Crippen molar-refractivity contribution in [2.24, 2.45) is 15.9 Å². The number of para-hydroxylation sites is 1. The summed E-state index contributed by atoms with van der Waals surface area (Å²) in [6.45, 7) is 5.81. The normalized spacial score (nSPS) is 23.4. The highest BCUT2D eigenvalue weighted by atomic mass is 32.2. The van der Waals surface area contributed by atoms with Crippen molar-refractivity contribution in [3.05, 3.63) is 40.4 Å². The van der Waals surface area contributed by atoms with E-state index >= 15 is 0 Å². The van der Waals surface area contributed by atoms with Crippen LogP contribution < -0.4 is 16.2 Å². The number of rotatable bonds is 4. The third-order valence-electron chi connectivity index (χ3n) is 7.38. The number of aliphatic imine (C=N–C) groups is 2. The van der Waals surface area contributed by atoms with E-state index in [1.54, 1.807) is 11.8 Å². The summed E-state index contributed by atoms with van der Waals surface area (Å²) >= 11 is 1.77. The highest BCUT2D eigenvalue weighted by molar-refractivity contribution is 8.04. The van der Waals surface area contributed by atoms with Crippen molar-refractivity contribution in [2.45, 2.75) is 51.1 Å². The van der Waals surface area contributed by atoms with Crippen molar-refractivity contribution >= 4 is 35.3 Å². The molecule has 4 heterocycles. The maximum absolute atomic E-state index is 12.7. The number of amidine groups is 1. The molecule has 0 radical (unpaired) electrons. The molecule has 0 bridgehead atoms. The topological polar surface area (TPSA) is 105 Å². The lowest BCUT2D eigenvalue weighted by Crippen LogP contribution is -2.59. The Morgan fingerprint density at radius 1 is 1.23 bits per heavy atom. The number of anilines is 1. The molecule has 188 valence electrons. The summed E-state index contributed by atoms with van der Waals surface area (Å²) in [5, 5.41) is 13.0. The maximum Gasteiger partial charge on any atom is 0.322 e. The number of hydrogen-bond donors (Lipinski definition) is 4. The molecule has 4 N–H and O–H groups in total. The summed E-state index contributed by atoms with van der Waals surface area (Å²) in [6, 6.07) is 7.89. The molecule has 0 aliphatic carbocycles. The van der Waals surface area contributed by atoms with Crippen LogP contribution in [0.1, 0.15) is 45.1 Å². The van der Waals surface area contributed by atoms with Crippen molar-refractivity contribution in [2.75, 3.05) is 37.8 Å². The van der Waals surface area contributed by atoms with E-state index in [-0.39, 0.29) is 24.2 Å². The predicted octanol–water partition coefficient (Wildman–Crippen LogP) is 3.07. The van der Waals surface area contributed by atoms with Crippen LogP contribution in [-0.2, 0) is 5.54 Å². The SMILES string of the molecule is CC(C)CC(CO)N=C1N=C(N2CCC3(CC2)c2ccccc2NC(=O)N3C)NNC2=C1SCC2. The number of fused-ring (bicyclic) bond motifs is 2. The first-order valence-electron chi connectivity index (χ1n) is 12.5. The number of benzene rings is 1. The number of likely N-dealkylation sites (tertiary alicyclic amines) is 1. The highest BCUT2D eigenvalue weighted by Gasteiger charge is 2.46. The van der Waals surface area contributed by atoms with Gasteiger partial charge in [0.15, 0.2) is 5.84 Å². The van der Waals surface area contributed by atoms with Gasteiger partial charge in [0.05, 0.1) is 23.1 Å². The zero-order chi connectivity index (χ0) is 24.6. The van der Waals surface area contributed by atoms with Crippen LogP contribution >= 0.6 is 11.8 Å². The maximum atomic E-state index is 12.7. The number of amides is 2. The Bertz CT molecular complexity index is 1080. The van der Waals surface area contributed by atoms with E-state index in [9.17, 15) is 9.90 Å². The first kappa shape index (κ1) is 24.0. The second kappa shape index (κ2) is 9.73. The number of urea groups is 1. The Kier molecular flexibility index (Phi) is 6.67. The van der Waals surface area contributed by atoms with Crippen LogP contribution in [0.5, 0.6) is 0 Å². The van der Waals surface area contributed by atoms with E-state index in [0.717, 1.165) is 66.8 Å². The minimum atomic E-state index is -0.333. The number of hydrazine groups is 1. The van der Waals surface area contributed by atoms with E-state index in [2.05, 4.69) is 41.0 Å². The number of piperidine rings is 1. The average Bonchev–Trinajstić information content (AvgIpc) is 3.26. The molecule has 1 unspecified atom stereocenters. The Hall–Kier alpha value is -2.72. The summed E-state index contributed by atoms with van der Waals surface area (Å²) in [7, 11) is 1.89. The fourth-order valence-electron chi connectivity index (χ4n) is 5.47. The molecular formula is C25H35N7O2S. The van der Waals surface area contributed by atoms with Gasteiger partial charge in [0.1, 0.15) is 0 Å². The molecule has 5 rings (SSSR count). The summed E-state index contributed by atoms with van der Waals surface area (Å²) in [4.78, 5) is 27.8. The molecule has 1 spiro atoms. The van der Waals surface area contributed by atoms with E-state index in [1.165, 1.54) is 5.56 Å². The van der Waals surface area contributed by atoms with Gasteiger partial charge in [-0.1, -0.05) is 32.0 Å². The zero-order valence-corrected chi connectivity index (χ0v) is 21.5. The molecule has 1 saturated heterocycles. The minimum absolute atomic E-state index is 0.0146. The number of guanidine groups is 1. The number of nitrogens with one attached hydrogen (secondary N) is 3. The molecule has 1 fully saturated rings. The largest absolute Gasteiger partial charge is 0.394 e. The van der Waals surface area contributed by atoms with E-state index < -0.39 is 0 Å². The van der Waals surface area contributed by atoms with Gasteiger partial charge >= 0.3 is 6.03 Å². The van der Waals surface area contributed by atoms with Crippen LogP contribution in [-0.4, -0.2) is 71.3 Å². The van der Waals surface area contributed by atoms with Gasteiger partial charge in [-0.25, -0.2) is 4.79 Å². The Labute approximate surface area is 211 Å². The first-order valence-corrected chi connectivity index (χ1v) is 13.4. The summed E-state index contributed by atoms with van der Waals surface area (Å²) in [6.07, 6.45) is 3.35. The van der Waals surface area contributed by atoms with Gasteiger partial charge in [-0.15, -0.1) is 11.8 Å². The lowest BCUT2D eigenvalue weighted by Gasteiger charge is -2.50. The monoisotopic (exact) mass is 497 g/mol. The van der Waals surface area contributed by atoms with Gasteiger partial charge in [0.25, 0.3) is 0 Å². The molecular weight excluding hydrogens is 462 g/mol. The van der Waals surface area contributed by atoms with Crippen LogP contribution in [0.3, 0.4) is 0 Å². The second-order valence-electron chi connectivity index (χ2n) is 10.1. The summed E-state index contributed by atoms with van der Waals surface area (Å²) < 4.78 is 0. The molecule has 2 amide bonds. The van der Waals surface area contributed by atoms with Gasteiger partial charge in [0, 0.05) is 42.8 Å². The van der Waals surface area contributed by atoms with Crippen molar-refractivity contribution in [1.29, 1.82) is 0 Å². The van der Waals surface area contributed by atoms with Gasteiger partial charge in [0.2, 0.25) is 5.96 Å². The fraction of sp³-hybridized carbons (Fsp3) is 0.560. The summed E-state index contributed by atoms with van der Waals surface area (Å²) in [5.74, 6) is 2.88. The predicted molar refractivity (Wildman–Crippen MR) is 141 cm³/mol. The summed E-state index contributed by atoms with van der Waals surface area (Å²) in [5.41, 5.74) is 9.57. The molecule has 4 aliphatic heterocycles. The molecule has 0 aromatic heterocycles. The molecule has 1 aromatic carbocycles. The van der Waals surface area contributed by atoms with Crippen LogP contribution in [0.15, 0.2) is 44.9 Å². The van der Waals surface area contributed by atoms with Crippen molar-refractivity contribution in [3.63, 3.8) is 0 Å². The molecule has 0 saturated carbocycles. The number of thioether (sulfide) groups is 1. The first-order chi connectivity index (χ1) is 16.9. The quantitative estimate of drug-likeness (QED) is 0.510. The molecule has 35 heavy (non-hydrogen) atoms. The third kappa shape index (κ3) is 4.49. The van der Waals surface area contributed by atoms with Crippen molar-refractivity contribution in [1.82, 2.24) is 20.7 Å². The lowest BCUT2D eigenvalue weighted by molar-refractivity contribution is 0.0812. The van der Waals surface area contributed by atoms with Crippen molar-refractivity contribution in [3.8, 4) is 0 Å². The third-order valence-corrected chi connectivity index (χ3v) is 8.50. The van der Waals surface area contributed by atoms with Gasteiger partial charge in [-0.3, -0.25) is 10.4 Å². The Balaban J connectivity index is 1.40. The van der Waals surface area contributed by atoms with Gasteiger partial charge < -0.3 is 25.6 Å². The molecule has 10 heteroatoms. The lowest BCUT2D eigenvalue weighted by atomic mass is 9.77. The highest BCUT2D eigenvalue weighted by Crippen LogP contribution is 2.44. The van der Waals surface area contributed by atoms with Gasteiger partial charge in [-0.05, 0) is 37.7 Å². The van der Waals surface area contributed by atoms with Gasteiger partial charge in [-0.2, -0.15) is 4.99 Å². The molecule has 9 nitrogen and oxygen atoms in total.